The Morgan fingerprint density at radius 2 is 2.09 bits per heavy atom. The van der Waals surface area contributed by atoms with Crippen LogP contribution in [0.5, 0.6) is 0 Å². The highest BCUT2D eigenvalue weighted by Gasteiger charge is 2.27. The van der Waals surface area contributed by atoms with Gasteiger partial charge in [-0.1, -0.05) is 47.0 Å². The molecule has 1 fully saturated rings. The molecule has 1 saturated heterocycles. The zero-order chi connectivity index (χ0) is 22.9. The highest BCUT2D eigenvalue weighted by atomic mass is 16.1. The number of carbonyl (C=O) groups excluding carboxylic acids is 1. The van der Waals surface area contributed by atoms with Gasteiger partial charge in [-0.25, -0.2) is 9.97 Å². The van der Waals surface area contributed by atoms with Gasteiger partial charge < -0.3 is 10.2 Å². The summed E-state index contributed by atoms with van der Waals surface area (Å²) in [7, 11) is 0. The van der Waals surface area contributed by atoms with Crippen LogP contribution in [-0.2, 0) is 4.79 Å². The largest absolute Gasteiger partial charge is 0.356 e. The fraction of sp³-hybridized carbons (Fsp3) is 0.680. The van der Waals surface area contributed by atoms with Gasteiger partial charge in [0.15, 0.2) is 0 Å². The van der Waals surface area contributed by atoms with Crippen LogP contribution in [0.2, 0.25) is 0 Å². The molecule has 32 heavy (non-hydrogen) atoms. The first kappa shape index (κ1) is 24.2. The molecule has 1 aliphatic heterocycles. The number of imidazole rings is 1. The van der Waals surface area contributed by atoms with E-state index in [4.69, 9.17) is 9.97 Å². The molecule has 0 spiro atoms. The van der Waals surface area contributed by atoms with Crippen LogP contribution in [-0.4, -0.2) is 44.6 Å². The molecular formula is C25H40N6O. The number of nitrogens with one attached hydrogen (secondary N) is 1. The normalized spacial score (nSPS) is 17.5. The fourth-order valence-corrected chi connectivity index (χ4v) is 4.38. The molecule has 2 atom stereocenters. The van der Waals surface area contributed by atoms with Crippen molar-refractivity contribution in [2.45, 2.75) is 91.0 Å². The van der Waals surface area contributed by atoms with E-state index in [-0.39, 0.29) is 11.9 Å². The fourth-order valence-electron chi connectivity index (χ4n) is 4.38. The van der Waals surface area contributed by atoms with E-state index in [1.165, 1.54) is 19.3 Å². The van der Waals surface area contributed by atoms with E-state index in [9.17, 15) is 4.79 Å². The Morgan fingerprint density at radius 1 is 1.25 bits per heavy atom. The molecule has 1 N–H and O–H groups in total. The lowest BCUT2D eigenvalue weighted by atomic mass is 9.97. The van der Waals surface area contributed by atoms with Crippen LogP contribution in [0.3, 0.4) is 0 Å². The summed E-state index contributed by atoms with van der Waals surface area (Å²) < 4.78 is 1.85. The summed E-state index contributed by atoms with van der Waals surface area (Å²) in [6, 6.07) is 2.27. The first-order valence-electron chi connectivity index (χ1n) is 12.4. The average molecular weight is 441 g/mol. The smallest absolute Gasteiger partial charge is 0.237 e. The predicted octanol–water partition coefficient (Wildman–Crippen LogP) is 4.87. The van der Waals surface area contributed by atoms with Crippen molar-refractivity contribution in [3.63, 3.8) is 0 Å². The number of amides is 1. The third kappa shape index (κ3) is 6.53. The molecule has 2 unspecified atom stereocenters. The second-order valence-electron chi connectivity index (χ2n) is 9.34. The molecule has 0 aliphatic carbocycles. The minimum Gasteiger partial charge on any atom is -0.356 e. The summed E-state index contributed by atoms with van der Waals surface area (Å²) in [5.41, 5.74) is 1.01. The molecule has 7 heteroatoms. The summed E-state index contributed by atoms with van der Waals surface area (Å²) >= 11 is 0. The number of carbonyl (C=O) groups is 1. The lowest BCUT2D eigenvalue weighted by Gasteiger charge is -2.37. The number of hydrogen-bond acceptors (Lipinski definition) is 5. The number of hydrogen-bond donors (Lipinski definition) is 1. The SMILES string of the molecule is CCCCC(CC)CNC(=O)CC1CCCCN1c1cc(C(C)C)nc(-n2ccnc2)n1. The van der Waals surface area contributed by atoms with Crippen molar-refractivity contribution in [3.8, 4) is 5.95 Å². The standard InChI is InChI=1S/C25H40N6O/c1-5-7-10-20(6-2)17-27-24(32)15-21-11-8-9-13-31(21)23-16-22(19(3)4)28-25(29-23)30-14-12-26-18-30/h12,14,16,18-21H,5-11,13,15,17H2,1-4H3,(H,27,32). The summed E-state index contributed by atoms with van der Waals surface area (Å²) in [5.74, 6) is 2.58. The van der Waals surface area contributed by atoms with E-state index in [2.05, 4.69) is 49.0 Å². The molecule has 7 nitrogen and oxygen atoms in total. The molecule has 1 aliphatic rings. The summed E-state index contributed by atoms with van der Waals surface area (Å²) in [6.45, 7) is 10.4. The average Bonchev–Trinajstić information content (AvgIpc) is 3.34. The molecule has 0 radical (unpaired) electrons. The van der Waals surface area contributed by atoms with Crippen LogP contribution in [0.4, 0.5) is 5.82 Å². The Labute approximate surface area is 193 Å². The topological polar surface area (TPSA) is 75.9 Å². The van der Waals surface area contributed by atoms with Gasteiger partial charge in [-0.15, -0.1) is 0 Å². The van der Waals surface area contributed by atoms with Crippen LogP contribution in [0, 0.1) is 5.92 Å². The molecule has 2 aromatic rings. The molecule has 0 aromatic carbocycles. The van der Waals surface area contributed by atoms with Crippen molar-refractivity contribution >= 4 is 11.7 Å². The summed E-state index contributed by atoms with van der Waals surface area (Å²) in [6.07, 6.45) is 13.9. The quantitative estimate of drug-likeness (QED) is 0.540. The second kappa shape index (κ2) is 12.0. The number of anilines is 1. The molecule has 2 aromatic heterocycles. The van der Waals surface area contributed by atoms with E-state index in [1.807, 2.05) is 10.8 Å². The molecule has 0 saturated carbocycles. The Morgan fingerprint density at radius 3 is 2.78 bits per heavy atom. The molecule has 3 heterocycles. The van der Waals surface area contributed by atoms with Gasteiger partial charge in [0.25, 0.3) is 0 Å². The maximum Gasteiger partial charge on any atom is 0.237 e. The minimum atomic E-state index is 0.157. The van der Waals surface area contributed by atoms with Gasteiger partial charge in [0.1, 0.15) is 12.1 Å². The summed E-state index contributed by atoms with van der Waals surface area (Å²) in [4.78, 5) is 28.9. The van der Waals surface area contributed by atoms with Crippen LogP contribution in [0.1, 0.15) is 90.7 Å². The second-order valence-corrected chi connectivity index (χ2v) is 9.34. The number of aromatic nitrogens is 4. The van der Waals surface area contributed by atoms with E-state index in [0.29, 0.717) is 24.2 Å². The van der Waals surface area contributed by atoms with Gasteiger partial charge in [0.05, 0.1) is 5.69 Å². The monoisotopic (exact) mass is 440 g/mol. The van der Waals surface area contributed by atoms with Gasteiger partial charge in [-0.3, -0.25) is 9.36 Å². The van der Waals surface area contributed by atoms with E-state index < -0.39 is 0 Å². The molecule has 3 rings (SSSR count). The lowest BCUT2D eigenvalue weighted by Crippen LogP contribution is -2.44. The minimum absolute atomic E-state index is 0.157. The molecule has 0 bridgehead atoms. The van der Waals surface area contributed by atoms with Crippen molar-refractivity contribution in [1.29, 1.82) is 0 Å². The molecule has 176 valence electrons. The van der Waals surface area contributed by atoms with E-state index in [1.54, 1.807) is 12.5 Å². The highest BCUT2D eigenvalue weighted by molar-refractivity contribution is 5.77. The van der Waals surface area contributed by atoms with Gasteiger partial charge >= 0.3 is 0 Å². The number of rotatable bonds is 11. The number of unbranched alkanes of at least 4 members (excludes halogenated alkanes) is 1. The predicted molar refractivity (Wildman–Crippen MR) is 129 cm³/mol. The third-order valence-electron chi connectivity index (χ3n) is 6.52. The van der Waals surface area contributed by atoms with Crippen molar-refractivity contribution < 1.29 is 4.79 Å². The Kier molecular flexibility index (Phi) is 9.06. The van der Waals surface area contributed by atoms with Crippen LogP contribution < -0.4 is 10.2 Å². The van der Waals surface area contributed by atoms with Crippen molar-refractivity contribution in [3.05, 3.63) is 30.5 Å². The first-order valence-corrected chi connectivity index (χ1v) is 12.4. The molecular weight excluding hydrogens is 400 g/mol. The van der Waals surface area contributed by atoms with Crippen LogP contribution in [0.15, 0.2) is 24.8 Å². The van der Waals surface area contributed by atoms with Crippen molar-refractivity contribution in [2.75, 3.05) is 18.0 Å². The third-order valence-corrected chi connectivity index (χ3v) is 6.52. The van der Waals surface area contributed by atoms with Crippen molar-refractivity contribution in [1.82, 2.24) is 24.8 Å². The maximum absolute atomic E-state index is 12.8. The highest BCUT2D eigenvalue weighted by Crippen LogP contribution is 2.28. The maximum atomic E-state index is 12.8. The molecule has 1 amide bonds. The lowest BCUT2D eigenvalue weighted by molar-refractivity contribution is -0.121. The summed E-state index contributed by atoms with van der Waals surface area (Å²) in [5, 5.41) is 3.21. The zero-order valence-electron chi connectivity index (χ0n) is 20.3. The Balaban J connectivity index is 1.72. The van der Waals surface area contributed by atoms with Gasteiger partial charge in [-0.2, -0.15) is 4.98 Å². The Hall–Kier alpha value is -2.44. The van der Waals surface area contributed by atoms with Gasteiger partial charge in [-0.05, 0) is 37.5 Å². The zero-order valence-corrected chi connectivity index (χ0v) is 20.3. The number of nitrogens with zero attached hydrogens (tertiary/aromatic N) is 5. The van der Waals surface area contributed by atoms with Gasteiger partial charge in [0.2, 0.25) is 11.9 Å². The Bertz CT molecular complexity index is 835. The van der Waals surface area contributed by atoms with Crippen LogP contribution >= 0.6 is 0 Å². The van der Waals surface area contributed by atoms with E-state index in [0.717, 1.165) is 50.3 Å². The first-order chi connectivity index (χ1) is 15.5. The van der Waals surface area contributed by atoms with Crippen molar-refractivity contribution in [2.24, 2.45) is 5.92 Å². The van der Waals surface area contributed by atoms with Crippen LogP contribution in [0.25, 0.3) is 5.95 Å². The number of piperidine rings is 1. The van der Waals surface area contributed by atoms with E-state index >= 15 is 0 Å². The van der Waals surface area contributed by atoms with Gasteiger partial charge in [0, 0.05) is 44.0 Å².